The van der Waals surface area contributed by atoms with Crippen LogP contribution in [-0.4, -0.2) is 103 Å². The summed E-state index contributed by atoms with van der Waals surface area (Å²) in [5, 5.41) is 46.8. The van der Waals surface area contributed by atoms with Gasteiger partial charge >= 0.3 is 5.97 Å². The third-order valence-electron chi connectivity index (χ3n) is 9.23. The summed E-state index contributed by atoms with van der Waals surface area (Å²) in [4.78, 5) is 78.0. The fourth-order valence-electron chi connectivity index (χ4n) is 6.17. The van der Waals surface area contributed by atoms with Crippen molar-refractivity contribution in [2.45, 2.75) is 82.5 Å². The molecule has 10 N–H and O–H groups in total. The lowest BCUT2D eigenvalue weighted by atomic mass is 9.84. The molecule has 0 spiro atoms. The standard InChI is InChI=1S/C36H48N10O8/c1-21(2)28(42-30(47)26(37)19-38-33(50)29-43-45-46-44-29)32(49)41-27(16-22-10-5-3-6-11-22)31(48)39-20-36(54,18-23-12-7-4-8-13-23)35(53)40-25-15-9-14-24(17-25)34(51)52/h4,7-9,12-15,17,21-22,26-28,54H,3,5-6,10-11,16,18-20,37H2,1-2H3,(H,38,50)(H,39,48)(H,40,53)(H,41,49)(H,42,47)(H,51,52)(H,43,44,45,46)/t26-,27-,28-,36?/m0/s1. The van der Waals surface area contributed by atoms with Crippen molar-refractivity contribution in [1.29, 1.82) is 0 Å². The van der Waals surface area contributed by atoms with Gasteiger partial charge in [0.15, 0.2) is 5.60 Å². The van der Waals surface area contributed by atoms with E-state index in [4.69, 9.17) is 5.73 Å². The SMILES string of the molecule is CC(C)[C@H](NC(=O)[C@@H](N)CNC(=O)c1nn[nH]n1)C(=O)N[C@@H](CC1CCCCC1)C(=O)NCC(O)(Cc1ccccc1)C(=O)Nc1cccc(C(=O)O)c1. The molecular formula is C36H48N10O8. The van der Waals surface area contributed by atoms with Gasteiger partial charge in [-0.25, -0.2) is 4.79 Å². The summed E-state index contributed by atoms with van der Waals surface area (Å²) in [6.45, 7) is 2.58. The van der Waals surface area contributed by atoms with Crippen molar-refractivity contribution in [3.63, 3.8) is 0 Å². The molecule has 1 heterocycles. The van der Waals surface area contributed by atoms with E-state index in [-0.39, 0.29) is 42.4 Å². The second-order valence-corrected chi connectivity index (χ2v) is 13.8. The maximum atomic E-state index is 13.9. The number of tetrazole rings is 1. The van der Waals surface area contributed by atoms with Gasteiger partial charge in [-0.1, -0.05) is 82.3 Å². The predicted molar refractivity (Wildman–Crippen MR) is 195 cm³/mol. The van der Waals surface area contributed by atoms with Crippen LogP contribution in [0.2, 0.25) is 0 Å². The van der Waals surface area contributed by atoms with Crippen LogP contribution < -0.4 is 32.3 Å². The topological polar surface area (TPSA) is 284 Å². The Morgan fingerprint density at radius 3 is 2.30 bits per heavy atom. The van der Waals surface area contributed by atoms with E-state index < -0.39 is 71.7 Å². The van der Waals surface area contributed by atoms with Gasteiger partial charge in [-0.05, 0) is 47.2 Å². The van der Waals surface area contributed by atoms with Crippen LogP contribution in [0, 0.1) is 11.8 Å². The molecule has 3 aromatic rings. The highest BCUT2D eigenvalue weighted by molar-refractivity contribution is 5.99. The number of rotatable bonds is 18. The molecule has 1 aromatic heterocycles. The van der Waals surface area contributed by atoms with E-state index in [9.17, 15) is 39.0 Å². The molecule has 2 aromatic carbocycles. The first-order chi connectivity index (χ1) is 25.8. The Hall–Kier alpha value is -5.75. The second kappa shape index (κ2) is 19.4. The molecule has 0 aliphatic heterocycles. The number of amides is 5. The van der Waals surface area contributed by atoms with Crippen molar-refractivity contribution in [3.05, 3.63) is 71.5 Å². The number of carboxylic acid groups (broad SMARTS) is 1. The van der Waals surface area contributed by atoms with Crippen LogP contribution in [0.4, 0.5) is 5.69 Å². The number of aliphatic hydroxyl groups is 1. The first-order valence-corrected chi connectivity index (χ1v) is 17.8. The Kier molecular flexibility index (Phi) is 14.7. The Labute approximate surface area is 311 Å². The van der Waals surface area contributed by atoms with E-state index in [0.29, 0.717) is 5.56 Å². The lowest BCUT2D eigenvalue weighted by Gasteiger charge is -2.31. The summed E-state index contributed by atoms with van der Waals surface area (Å²) >= 11 is 0. The monoisotopic (exact) mass is 748 g/mol. The van der Waals surface area contributed by atoms with E-state index in [1.54, 1.807) is 44.2 Å². The predicted octanol–water partition coefficient (Wildman–Crippen LogP) is 0.280. The number of hydrogen-bond donors (Lipinski definition) is 9. The van der Waals surface area contributed by atoms with Gasteiger partial charge in [0, 0.05) is 18.7 Å². The summed E-state index contributed by atoms with van der Waals surface area (Å²) in [5.74, 6) is -5.36. The van der Waals surface area contributed by atoms with Crippen molar-refractivity contribution in [2.75, 3.05) is 18.4 Å². The highest BCUT2D eigenvalue weighted by Gasteiger charge is 2.39. The number of aromatic nitrogens is 4. The Bertz CT molecular complexity index is 1750. The molecule has 0 bridgehead atoms. The molecule has 5 amide bonds. The maximum Gasteiger partial charge on any atom is 0.335 e. The first kappa shape index (κ1) is 41.0. The van der Waals surface area contributed by atoms with Crippen LogP contribution in [0.3, 0.4) is 0 Å². The highest BCUT2D eigenvalue weighted by Crippen LogP contribution is 2.28. The Morgan fingerprint density at radius 1 is 0.926 bits per heavy atom. The Morgan fingerprint density at radius 2 is 1.65 bits per heavy atom. The quantitative estimate of drug-likeness (QED) is 0.0848. The molecule has 1 unspecified atom stereocenters. The fourth-order valence-corrected chi connectivity index (χ4v) is 6.17. The molecular weight excluding hydrogens is 700 g/mol. The van der Waals surface area contributed by atoms with E-state index in [1.807, 2.05) is 0 Å². The lowest BCUT2D eigenvalue weighted by molar-refractivity contribution is -0.136. The summed E-state index contributed by atoms with van der Waals surface area (Å²) in [5.41, 5.74) is 4.47. The molecule has 18 heteroatoms. The molecule has 54 heavy (non-hydrogen) atoms. The van der Waals surface area contributed by atoms with E-state index >= 15 is 0 Å². The highest BCUT2D eigenvalue weighted by atomic mass is 16.4. The molecule has 1 saturated carbocycles. The zero-order valence-electron chi connectivity index (χ0n) is 30.2. The second-order valence-electron chi connectivity index (χ2n) is 13.8. The summed E-state index contributed by atoms with van der Waals surface area (Å²) in [6.07, 6.45) is 4.79. The molecule has 1 fully saturated rings. The molecule has 290 valence electrons. The molecule has 4 atom stereocenters. The van der Waals surface area contributed by atoms with Gasteiger partial charge in [-0.2, -0.15) is 5.21 Å². The van der Waals surface area contributed by atoms with Crippen molar-refractivity contribution in [1.82, 2.24) is 41.9 Å². The zero-order chi connectivity index (χ0) is 39.3. The number of carbonyl (C=O) groups is 6. The van der Waals surface area contributed by atoms with Gasteiger partial charge in [0.2, 0.25) is 17.7 Å². The fraction of sp³-hybridized carbons (Fsp3) is 0.472. The Balaban J connectivity index is 1.48. The van der Waals surface area contributed by atoms with Crippen molar-refractivity contribution >= 4 is 41.2 Å². The van der Waals surface area contributed by atoms with Gasteiger partial charge in [-0.15, -0.1) is 10.2 Å². The molecule has 0 radical (unpaired) electrons. The van der Waals surface area contributed by atoms with Gasteiger partial charge in [0.1, 0.15) is 18.1 Å². The minimum Gasteiger partial charge on any atom is -0.478 e. The third kappa shape index (κ3) is 11.9. The normalized spacial score (nSPS) is 15.9. The van der Waals surface area contributed by atoms with Crippen molar-refractivity contribution < 1.29 is 39.0 Å². The average molecular weight is 749 g/mol. The van der Waals surface area contributed by atoms with Crippen LogP contribution in [0.25, 0.3) is 0 Å². The summed E-state index contributed by atoms with van der Waals surface area (Å²) < 4.78 is 0. The lowest BCUT2D eigenvalue weighted by Crippen LogP contribution is -2.60. The number of aromatic amines is 1. The van der Waals surface area contributed by atoms with Gasteiger partial charge in [-0.3, -0.25) is 24.0 Å². The minimum absolute atomic E-state index is 0.0702. The number of nitrogens with zero attached hydrogens (tertiary/aromatic N) is 3. The number of nitrogens with one attached hydrogen (secondary N) is 6. The summed E-state index contributed by atoms with van der Waals surface area (Å²) in [7, 11) is 0. The smallest absolute Gasteiger partial charge is 0.335 e. The number of anilines is 1. The maximum absolute atomic E-state index is 13.9. The number of nitrogens with two attached hydrogens (primary N) is 1. The molecule has 0 saturated heterocycles. The number of aromatic carboxylic acids is 1. The largest absolute Gasteiger partial charge is 0.478 e. The van der Waals surface area contributed by atoms with Crippen LogP contribution in [0.1, 0.15) is 78.9 Å². The van der Waals surface area contributed by atoms with Gasteiger partial charge < -0.3 is 42.5 Å². The van der Waals surface area contributed by atoms with Crippen LogP contribution in [0.15, 0.2) is 54.6 Å². The molecule has 18 nitrogen and oxygen atoms in total. The minimum atomic E-state index is -2.20. The van der Waals surface area contributed by atoms with Crippen LogP contribution in [-0.2, 0) is 25.6 Å². The number of H-pyrrole nitrogens is 1. The third-order valence-corrected chi connectivity index (χ3v) is 9.23. The van der Waals surface area contributed by atoms with Gasteiger partial charge in [0.25, 0.3) is 17.6 Å². The number of carbonyl (C=O) groups excluding carboxylic acids is 5. The van der Waals surface area contributed by atoms with Crippen LogP contribution >= 0.6 is 0 Å². The van der Waals surface area contributed by atoms with Crippen molar-refractivity contribution in [2.24, 2.45) is 17.6 Å². The molecule has 4 rings (SSSR count). The van der Waals surface area contributed by atoms with Crippen LogP contribution in [0.5, 0.6) is 0 Å². The molecule has 1 aliphatic carbocycles. The van der Waals surface area contributed by atoms with Crippen molar-refractivity contribution in [3.8, 4) is 0 Å². The van der Waals surface area contributed by atoms with Gasteiger partial charge in [0.05, 0.1) is 12.1 Å². The molecule has 1 aliphatic rings. The van der Waals surface area contributed by atoms with E-state index in [0.717, 1.165) is 32.1 Å². The first-order valence-electron chi connectivity index (χ1n) is 17.8. The number of benzene rings is 2. The van der Waals surface area contributed by atoms with E-state index in [2.05, 4.69) is 47.2 Å². The van der Waals surface area contributed by atoms with E-state index in [1.165, 1.54) is 24.3 Å². The average Bonchev–Trinajstić information content (AvgIpc) is 3.71. The zero-order valence-corrected chi connectivity index (χ0v) is 30.2. The number of carboxylic acids is 1. The summed E-state index contributed by atoms with van der Waals surface area (Å²) in [6, 6.07) is 10.8. The number of hydrogen-bond acceptors (Lipinski definition) is 11.